The SMILES string of the molecule is Cc1c(C(=O)O)nn(-c2ccccc2)c1-c1ccncc1. The fourth-order valence-electron chi connectivity index (χ4n) is 2.30. The number of aromatic carboxylic acids is 1. The van der Waals surface area contributed by atoms with Gasteiger partial charge in [-0.15, -0.1) is 0 Å². The lowest BCUT2D eigenvalue weighted by Crippen LogP contribution is -2.02. The molecule has 0 unspecified atom stereocenters. The van der Waals surface area contributed by atoms with Gasteiger partial charge in [0, 0.05) is 23.5 Å². The first-order valence-corrected chi connectivity index (χ1v) is 6.47. The standard InChI is InChI=1S/C16H13N3O2/c1-11-14(16(20)21)18-19(13-5-3-2-4-6-13)15(11)12-7-9-17-10-8-12/h2-10H,1H3,(H,20,21). The predicted octanol–water partition coefficient (Wildman–Crippen LogP) is 2.94. The molecule has 2 heterocycles. The zero-order valence-electron chi connectivity index (χ0n) is 11.4. The number of carboxylic acids is 1. The van der Waals surface area contributed by atoms with Crippen molar-refractivity contribution in [1.82, 2.24) is 14.8 Å². The number of nitrogens with zero attached hydrogens (tertiary/aromatic N) is 3. The normalized spacial score (nSPS) is 10.5. The highest BCUT2D eigenvalue weighted by atomic mass is 16.4. The number of hydrogen-bond acceptors (Lipinski definition) is 3. The van der Waals surface area contributed by atoms with Crippen LogP contribution in [-0.2, 0) is 0 Å². The van der Waals surface area contributed by atoms with Crippen LogP contribution in [-0.4, -0.2) is 25.8 Å². The zero-order chi connectivity index (χ0) is 14.8. The first-order valence-electron chi connectivity index (χ1n) is 6.47. The highest BCUT2D eigenvalue weighted by molar-refractivity contribution is 5.89. The number of pyridine rings is 1. The summed E-state index contributed by atoms with van der Waals surface area (Å²) in [7, 11) is 0. The van der Waals surface area contributed by atoms with Gasteiger partial charge in [0.1, 0.15) is 0 Å². The van der Waals surface area contributed by atoms with Gasteiger partial charge < -0.3 is 5.11 Å². The maximum absolute atomic E-state index is 11.4. The summed E-state index contributed by atoms with van der Waals surface area (Å²) in [6.07, 6.45) is 3.36. The average Bonchev–Trinajstić information content (AvgIpc) is 2.87. The smallest absolute Gasteiger partial charge is 0.356 e. The predicted molar refractivity (Wildman–Crippen MR) is 78.5 cm³/mol. The number of para-hydroxylation sites is 1. The second-order valence-corrected chi connectivity index (χ2v) is 4.61. The lowest BCUT2D eigenvalue weighted by Gasteiger charge is -2.08. The maximum atomic E-state index is 11.4. The molecule has 0 saturated heterocycles. The molecule has 21 heavy (non-hydrogen) atoms. The Bertz CT molecular complexity index is 780. The van der Waals surface area contributed by atoms with E-state index in [4.69, 9.17) is 0 Å². The van der Waals surface area contributed by atoms with Gasteiger partial charge in [-0.25, -0.2) is 9.48 Å². The third-order valence-electron chi connectivity index (χ3n) is 3.28. The van der Waals surface area contributed by atoms with E-state index in [1.54, 1.807) is 24.0 Å². The molecular weight excluding hydrogens is 266 g/mol. The van der Waals surface area contributed by atoms with Gasteiger partial charge in [0.05, 0.1) is 11.4 Å². The quantitative estimate of drug-likeness (QED) is 0.800. The number of hydrogen-bond donors (Lipinski definition) is 1. The van der Waals surface area contributed by atoms with Crippen LogP contribution in [0.1, 0.15) is 16.1 Å². The van der Waals surface area contributed by atoms with Crippen molar-refractivity contribution in [2.45, 2.75) is 6.92 Å². The molecule has 0 atom stereocenters. The van der Waals surface area contributed by atoms with Crippen molar-refractivity contribution in [3.8, 4) is 16.9 Å². The van der Waals surface area contributed by atoms with Gasteiger partial charge in [-0.1, -0.05) is 18.2 Å². The molecule has 0 aliphatic rings. The van der Waals surface area contributed by atoms with Crippen molar-refractivity contribution in [3.05, 3.63) is 66.1 Å². The highest BCUT2D eigenvalue weighted by Gasteiger charge is 2.21. The van der Waals surface area contributed by atoms with E-state index in [1.165, 1.54) is 0 Å². The molecular formula is C16H13N3O2. The van der Waals surface area contributed by atoms with E-state index in [1.807, 2.05) is 42.5 Å². The summed E-state index contributed by atoms with van der Waals surface area (Å²) in [5.41, 5.74) is 3.16. The Morgan fingerprint density at radius 3 is 2.38 bits per heavy atom. The summed E-state index contributed by atoms with van der Waals surface area (Å²) in [6.45, 7) is 1.77. The van der Waals surface area contributed by atoms with Gasteiger partial charge in [0.15, 0.2) is 5.69 Å². The van der Waals surface area contributed by atoms with E-state index in [0.717, 1.165) is 16.9 Å². The molecule has 5 heteroatoms. The monoisotopic (exact) mass is 279 g/mol. The van der Waals surface area contributed by atoms with Gasteiger partial charge in [0.2, 0.25) is 0 Å². The van der Waals surface area contributed by atoms with Crippen LogP contribution in [0, 0.1) is 6.92 Å². The highest BCUT2D eigenvalue weighted by Crippen LogP contribution is 2.28. The van der Waals surface area contributed by atoms with Gasteiger partial charge in [0.25, 0.3) is 0 Å². The van der Waals surface area contributed by atoms with Gasteiger partial charge in [-0.2, -0.15) is 5.10 Å². The Labute approximate surface area is 121 Å². The second-order valence-electron chi connectivity index (χ2n) is 4.61. The number of carboxylic acid groups (broad SMARTS) is 1. The van der Waals surface area contributed by atoms with Crippen molar-refractivity contribution in [2.24, 2.45) is 0 Å². The van der Waals surface area contributed by atoms with Crippen molar-refractivity contribution < 1.29 is 9.90 Å². The van der Waals surface area contributed by atoms with E-state index < -0.39 is 5.97 Å². The molecule has 0 radical (unpaired) electrons. The molecule has 3 rings (SSSR count). The first-order chi connectivity index (χ1) is 10.2. The third kappa shape index (κ3) is 2.29. The Balaban J connectivity index is 2.29. The minimum atomic E-state index is -1.03. The van der Waals surface area contributed by atoms with Crippen molar-refractivity contribution in [1.29, 1.82) is 0 Å². The molecule has 1 aromatic carbocycles. The number of carbonyl (C=O) groups is 1. The van der Waals surface area contributed by atoms with Crippen LogP contribution in [0.3, 0.4) is 0 Å². The lowest BCUT2D eigenvalue weighted by atomic mass is 10.1. The molecule has 0 aliphatic carbocycles. The average molecular weight is 279 g/mol. The Kier molecular flexibility index (Phi) is 3.23. The van der Waals surface area contributed by atoms with E-state index in [0.29, 0.717) is 5.56 Å². The van der Waals surface area contributed by atoms with Crippen LogP contribution in [0.25, 0.3) is 16.9 Å². The molecule has 1 N–H and O–H groups in total. The number of aromatic nitrogens is 3. The Morgan fingerprint density at radius 1 is 1.10 bits per heavy atom. The molecule has 104 valence electrons. The summed E-state index contributed by atoms with van der Waals surface area (Å²) in [5.74, 6) is -1.03. The summed E-state index contributed by atoms with van der Waals surface area (Å²) < 4.78 is 1.66. The first kappa shape index (κ1) is 13.1. The van der Waals surface area contributed by atoms with E-state index in [2.05, 4.69) is 10.1 Å². The fraction of sp³-hybridized carbons (Fsp3) is 0.0625. The van der Waals surface area contributed by atoms with Crippen LogP contribution in [0.5, 0.6) is 0 Å². The summed E-state index contributed by atoms with van der Waals surface area (Å²) in [6, 6.07) is 13.2. The second kappa shape index (κ2) is 5.20. The topological polar surface area (TPSA) is 68.0 Å². The fourth-order valence-corrected chi connectivity index (χ4v) is 2.30. The largest absolute Gasteiger partial charge is 0.476 e. The maximum Gasteiger partial charge on any atom is 0.356 e. The Morgan fingerprint density at radius 2 is 1.76 bits per heavy atom. The summed E-state index contributed by atoms with van der Waals surface area (Å²) >= 11 is 0. The molecule has 0 bridgehead atoms. The summed E-state index contributed by atoms with van der Waals surface area (Å²) in [5, 5.41) is 13.6. The van der Waals surface area contributed by atoms with Gasteiger partial charge in [-0.05, 0) is 31.2 Å². The van der Waals surface area contributed by atoms with Crippen LogP contribution in [0.4, 0.5) is 0 Å². The van der Waals surface area contributed by atoms with Crippen molar-refractivity contribution in [3.63, 3.8) is 0 Å². The molecule has 3 aromatic rings. The van der Waals surface area contributed by atoms with Crippen LogP contribution in [0.2, 0.25) is 0 Å². The van der Waals surface area contributed by atoms with Crippen molar-refractivity contribution >= 4 is 5.97 Å². The molecule has 0 saturated carbocycles. The minimum Gasteiger partial charge on any atom is -0.476 e. The van der Waals surface area contributed by atoms with Gasteiger partial charge in [-0.3, -0.25) is 4.98 Å². The molecule has 5 nitrogen and oxygen atoms in total. The molecule has 0 amide bonds. The third-order valence-corrected chi connectivity index (χ3v) is 3.28. The van der Waals surface area contributed by atoms with Gasteiger partial charge >= 0.3 is 5.97 Å². The molecule has 0 fully saturated rings. The van der Waals surface area contributed by atoms with Crippen LogP contribution < -0.4 is 0 Å². The number of rotatable bonds is 3. The molecule has 0 aliphatic heterocycles. The summed E-state index contributed by atoms with van der Waals surface area (Å²) in [4.78, 5) is 15.4. The lowest BCUT2D eigenvalue weighted by molar-refractivity contribution is 0.0689. The van der Waals surface area contributed by atoms with Crippen LogP contribution in [0.15, 0.2) is 54.9 Å². The minimum absolute atomic E-state index is 0.0608. The zero-order valence-corrected chi connectivity index (χ0v) is 11.4. The van der Waals surface area contributed by atoms with Crippen LogP contribution >= 0.6 is 0 Å². The van der Waals surface area contributed by atoms with E-state index in [-0.39, 0.29) is 5.69 Å². The van der Waals surface area contributed by atoms with E-state index in [9.17, 15) is 9.90 Å². The number of benzene rings is 1. The molecule has 2 aromatic heterocycles. The Hall–Kier alpha value is -2.95. The van der Waals surface area contributed by atoms with Crippen molar-refractivity contribution in [2.75, 3.05) is 0 Å². The molecule has 0 spiro atoms. The van der Waals surface area contributed by atoms with E-state index >= 15 is 0 Å².